The van der Waals surface area contributed by atoms with Crippen molar-refractivity contribution in [3.63, 3.8) is 0 Å². The minimum Gasteiger partial charge on any atom is -0.392 e. The first-order valence-corrected chi connectivity index (χ1v) is 8.61. The summed E-state index contributed by atoms with van der Waals surface area (Å²) < 4.78 is 0. The standard InChI is InChI=1S/C11H22OSi/c1-6-10(11(12)7-2)8-9-13(3,4)5/h10-12H,6-7H2,1-5H3. The highest BCUT2D eigenvalue weighted by Crippen LogP contribution is 2.11. The van der Waals surface area contributed by atoms with Gasteiger partial charge in [0.25, 0.3) is 0 Å². The van der Waals surface area contributed by atoms with Gasteiger partial charge in [0.2, 0.25) is 0 Å². The molecule has 0 aromatic carbocycles. The van der Waals surface area contributed by atoms with Gasteiger partial charge in [-0.3, -0.25) is 0 Å². The van der Waals surface area contributed by atoms with Crippen molar-refractivity contribution in [2.24, 2.45) is 5.92 Å². The third-order valence-electron chi connectivity index (χ3n) is 1.96. The van der Waals surface area contributed by atoms with E-state index in [1.54, 1.807) is 0 Å². The van der Waals surface area contributed by atoms with E-state index in [-0.39, 0.29) is 12.0 Å². The number of hydrogen-bond donors (Lipinski definition) is 1. The molecule has 1 N–H and O–H groups in total. The Bertz CT molecular complexity index is 194. The normalized spacial score (nSPS) is 15.8. The Morgan fingerprint density at radius 3 is 2.00 bits per heavy atom. The van der Waals surface area contributed by atoms with E-state index in [0.29, 0.717) is 0 Å². The van der Waals surface area contributed by atoms with Gasteiger partial charge in [-0.2, -0.15) is 0 Å². The summed E-state index contributed by atoms with van der Waals surface area (Å²) in [4.78, 5) is 0. The molecule has 0 amide bonds. The molecule has 13 heavy (non-hydrogen) atoms. The molecule has 0 spiro atoms. The van der Waals surface area contributed by atoms with Crippen LogP contribution in [0.3, 0.4) is 0 Å². The van der Waals surface area contributed by atoms with E-state index in [1.807, 2.05) is 6.92 Å². The van der Waals surface area contributed by atoms with Crippen molar-refractivity contribution in [2.45, 2.75) is 52.4 Å². The van der Waals surface area contributed by atoms with Crippen molar-refractivity contribution in [3.8, 4) is 11.5 Å². The zero-order valence-corrected chi connectivity index (χ0v) is 10.5. The summed E-state index contributed by atoms with van der Waals surface area (Å²) >= 11 is 0. The first-order valence-electron chi connectivity index (χ1n) is 5.11. The predicted molar refractivity (Wildman–Crippen MR) is 61.2 cm³/mol. The summed E-state index contributed by atoms with van der Waals surface area (Å²) in [7, 11) is -1.27. The first-order chi connectivity index (χ1) is 5.90. The minimum absolute atomic E-state index is 0.178. The molecule has 0 aromatic heterocycles. The highest BCUT2D eigenvalue weighted by atomic mass is 28.3. The fourth-order valence-electron chi connectivity index (χ4n) is 1.06. The third kappa shape index (κ3) is 5.90. The molecule has 1 nitrogen and oxygen atoms in total. The van der Waals surface area contributed by atoms with Gasteiger partial charge in [0, 0.05) is 5.92 Å². The summed E-state index contributed by atoms with van der Waals surface area (Å²) in [6, 6.07) is 0. The van der Waals surface area contributed by atoms with Gasteiger partial charge >= 0.3 is 0 Å². The van der Waals surface area contributed by atoms with Crippen LogP contribution in [0.25, 0.3) is 0 Å². The van der Waals surface area contributed by atoms with Gasteiger partial charge in [-0.05, 0) is 12.8 Å². The lowest BCUT2D eigenvalue weighted by Crippen LogP contribution is -2.21. The molecule has 2 atom stereocenters. The Balaban J connectivity index is 4.33. The zero-order chi connectivity index (χ0) is 10.5. The van der Waals surface area contributed by atoms with Crippen LogP contribution in [0.15, 0.2) is 0 Å². The molecule has 0 fully saturated rings. The lowest BCUT2D eigenvalue weighted by atomic mass is 9.99. The predicted octanol–water partition coefficient (Wildman–Crippen LogP) is 2.66. The smallest absolute Gasteiger partial charge is 0.129 e. The van der Waals surface area contributed by atoms with Crippen LogP contribution in [0.2, 0.25) is 19.6 Å². The summed E-state index contributed by atoms with van der Waals surface area (Å²) in [5, 5.41) is 9.63. The van der Waals surface area contributed by atoms with E-state index in [2.05, 4.69) is 38.0 Å². The van der Waals surface area contributed by atoms with Gasteiger partial charge in [-0.25, -0.2) is 0 Å². The van der Waals surface area contributed by atoms with Crippen molar-refractivity contribution in [1.29, 1.82) is 0 Å². The Kier molecular flexibility index (Phi) is 5.35. The summed E-state index contributed by atoms with van der Waals surface area (Å²) in [5.74, 6) is 3.40. The second-order valence-corrected chi connectivity index (χ2v) is 9.26. The van der Waals surface area contributed by atoms with Crippen molar-refractivity contribution in [2.75, 3.05) is 0 Å². The molecule has 2 unspecified atom stereocenters. The summed E-state index contributed by atoms with van der Waals surface area (Å²) in [6.07, 6.45) is 1.51. The van der Waals surface area contributed by atoms with Gasteiger partial charge in [-0.1, -0.05) is 33.5 Å². The Morgan fingerprint density at radius 2 is 1.69 bits per heavy atom. The monoisotopic (exact) mass is 198 g/mol. The van der Waals surface area contributed by atoms with Gasteiger partial charge in [-0.15, -0.1) is 11.5 Å². The fraction of sp³-hybridized carbons (Fsp3) is 0.818. The first kappa shape index (κ1) is 12.7. The molecule has 0 heterocycles. The minimum atomic E-state index is -1.27. The lowest BCUT2D eigenvalue weighted by Gasteiger charge is -2.15. The van der Waals surface area contributed by atoms with E-state index < -0.39 is 8.07 Å². The second-order valence-electron chi connectivity index (χ2n) is 4.51. The van der Waals surface area contributed by atoms with Gasteiger partial charge in [0.1, 0.15) is 8.07 Å². The van der Waals surface area contributed by atoms with E-state index >= 15 is 0 Å². The molecule has 0 aliphatic rings. The maximum absolute atomic E-state index is 9.63. The second kappa shape index (κ2) is 5.46. The SMILES string of the molecule is CCC(O)C(C#C[Si](C)(C)C)CC. The summed E-state index contributed by atoms with van der Waals surface area (Å²) in [6.45, 7) is 10.8. The average Bonchev–Trinajstić information content (AvgIpc) is 2.03. The van der Waals surface area contributed by atoms with Gasteiger partial charge in [0.05, 0.1) is 6.10 Å². The molecule has 0 aliphatic heterocycles. The fourth-order valence-corrected chi connectivity index (χ4v) is 1.68. The molecular formula is C11H22OSi. The molecule has 0 aromatic rings. The zero-order valence-electron chi connectivity index (χ0n) is 9.52. The van der Waals surface area contributed by atoms with Crippen molar-refractivity contribution >= 4 is 8.07 Å². The van der Waals surface area contributed by atoms with Crippen molar-refractivity contribution in [1.82, 2.24) is 0 Å². The quantitative estimate of drug-likeness (QED) is 0.546. The number of aliphatic hydroxyl groups is 1. The van der Waals surface area contributed by atoms with E-state index in [4.69, 9.17) is 0 Å². The highest BCUT2D eigenvalue weighted by molar-refractivity contribution is 6.83. The molecular weight excluding hydrogens is 176 g/mol. The van der Waals surface area contributed by atoms with Gasteiger partial charge < -0.3 is 5.11 Å². The molecule has 0 radical (unpaired) electrons. The van der Waals surface area contributed by atoms with Crippen LogP contribution in [0.1, 0.15) is 26.7 Å². The maximum Gasteiger partial charge on any atom is 0.129 e. The molecule has 0 bridgehead atoms. The van der Waals surface area contributed by atoms with Crippen LogP contribution in [-0.2, 0) is 0 Å². The van der Waals surface area contributed by atoms with Crippen LogP contribution in [0.4, 0.5) is 0 Å². The van der Waals surface area contributed by atoms with Crippen molar-refractivity contribution in [3.05, 3.63) is 0 Å². The molecule has 76 valence electrons. The summed E-state index contributed by atoms with van der Waals surface area (Å²) in [5.41, 5.74) is 3.32. The molecule has 0 saturated heterocycles. The van der Waals surface area contributed by atoms with E-state index in [1.165, 1.54) is 0 Å². The van der Waals surface area contributed by atoms with Crippen molar-refractivity contribution < 1.29 is 5.11 Å². The van der Waals surface area contributed by atoms with E-state index in [0.717, 1.165) is 12.8 Å². The average molecular weight is 198 g/mol. The van der Waals surface area contributed by atoms with E-state index in [9.17, 15) is 5.11 Å². The van der Waals surface area contributed by atoms with Crippen LogP contribution in [0, 0.1) is 17.4 Å². The topological polar surface area (TPSA) is 20.2 Å². The number of aliphatic hydroxyl groups excluding tert-OH is 1. The maximum atomic E-state index is 9.63. The number of rotatable bonds is 3. The highest BCUT2D eigenvalue weighted by Gasteiger charge is 2.14. The molecule has 0 rings (SSSR count). The third-order valence-corrected chi connectivity index (χ3v) is 2.85. The molecule has 0 aliphatic carbocycles. The Morgan fingerprint density at radius 1 is 1.15 bits per heavy atom. The molecule has 2 heteroatoms. The van der Waals surface area contributed by atoms with Gasteiger partial charge in [0.15, 0.2) is 0 Å². The van der Waals surface area contributed by atoms with Crippen LogP contribution in [0.5, 0.6) is 0 Å². The lowest BCUT2D eigenvalue weighted by molar-refractivity contribution is 0.128. The largest absolute Gasteiger partial charge is 0.392 e. The van der Waals surface area contributed by atoms with Crippen LogP contribution >= 0.6 is 0 Å². The number of hydrogen-bond acceptors (Lipinski definition) is 1. The van der Waals surface area contributed by atoms with Crippen LogP contribution in [-0.4, -0.2) is 19.3 Å². The molecule has 0 saturated carbocycles. The van der Waals surface area contributed by atoms with Crippen LogP contribution < -0.4 is 0 Å². The Hall–Kier alpha value is -0.263. The Labute approximate surface area is 83.6 Å².